The minimum absolute atomic E-state index is 0.248. The summed E-state index contributed by atoms with van der Waals surface area (Å²) in [6.45, 7) is 2.59. The Kier molecular flexibility index (Phi) is 5.87. The number of nitrogens with zero attached hydrogens (tertiary/aromatic N) is 4. The fourth-order valence-corrected chi connectivity index (χ4v) is 5.12. The Morgan fingerprint density at radius 3 is 2.59 bits per heavy atom. The molecular formula is C24H19FN4OS2. The molecule has 2 aromatic carbocycles. The highest BCUT2D eigenvalue weighted by molar-refractivity contribution is 7.98. The van der Waals surface area contributed by atoms with E-state index >= 15 is 0 Å². The van der Waals surface area contributed by atoms with Gasteiger partial charge >= 0.3 is 0 Å². The zero-order valence-corrected chi connectivity index (χ0v) is 18.9. The van der Waals surface area contributed by atoms with Crippen LogP contribution in [-0.2, 0) is 12.3 Å². The van der Waals surface area contributed by atoms with E-state index in [1.807, 2.05) is 36.6 Å². The Bertz CT molecular complexity index is 1330. The third-order valence-electron chi connectivity index (χ3n) is 4.99. The van der Waals surface area contributed by atoms with Crippen molar-refractivity contribution in [2.45, 2.75) is 24.4 Å². The molecule has 0 amide bonds. The lowest BCUT2D eigenvalue weighted by Crippen LogP contribution is -2.04. The molecule has 0 saturated heterocycles. The lowest BCUT2D eigenvalue weighted by atomic mass is 10.2. The SMILES string of the molecule is Cc1occc1-c1nnc(SCc2csc(-c3ccc(F)cc3)n2)n1Cc1ccccc1. The van der Waals surface area contributed by atoms with Gasteiger partial charge in [0.25, 0.3) is 0 Å². The van der Waals surface area contributed by atoms with Gasteiger partial charge in [0.05, 0.1) is 24.1 Å². The minimum atomic E-state index is -0.248. The number of hydrogen-bond acceptors (Lipinski definition) is 6. The van der Waals surface area contributed by atoms with Crippen molar-refractivity contribution in [2.24, 2.45) is 0 Å². The van der Waals surface area contributed by atoms with Crippen molar-refractivity contribution < 1.29 is 8.81 Å². The Hall–Kier alpha value is -3.23. The lowest BCUT2D eigenvalue weighted by molar-refractivity contribution is 0.534. The van der Waals surface area contributed by atoms with Crippen LogP contribution in [0.5, 0.6) is 0 Å². The van der Waals surface area contributed by atoms with Crippen LogP contribution in [0.25, 0.3) is 22.0 Å². The molecule has 32 heavy (non-hydrogen) atoms. The molecule has 5 rings (SSSR count). The zero-order valence-electron chi connectivity index (χ0n) is 17.2. The molecule has 160 valence electrons. The molecule has 3 heterocycles. The summed E-state index contributed by atoms with van der Waals surface area (Å²) in [7, 11) is 0. The highest BCUT2D eigenvalue weighted by Crippen LogP contribution is 2.31. The first-order valence-electron chi connectivity index (χ1n) is 10.0. The predicted octanol–water partition coefficient (Wildman–Crippen LogP) is 6.45. The summed E-state index contributed by atoms with van der Waals surface area (Å²) in [6.07, 6.45) is 1.67. The van der Waals surface area contributed by atoms with Gasteiger partial charge in [0.15, 0.2) is 11.0 Å². The fraction of sp³-hybridized carbons (Fsp3) is 0.125. The lowest BCUT2D eigenvalue weighted by Gasteiger charge is -2.10. The molecule has 0 fully saturated rings. The number of halogens is 1. The summed E-state index contributed by atoms with van der Waals surface area (Å²) in [5.41, 5.74) is 3.98. The molecule has 0 saturated carbocycles. The molecule has 0 radical (unpaired) electrons. The Morgan fingerprint density at radius 1 is 1.03 bits per heavy atom. The van der Waals surface area contributed by atoms with Crippen LogP contribution in [0.4, 0.5) is 4.39 Å². The van der Waals surface area contributed by atoms with Crippen LogP contribution in [0.2, 0.25) is 0 Å². The van der Waals surface area contributed by atoms with Crippen LogP contribution in [0.3, 0.4) is 0 Å². The van der Waals surface area contributed by atoms with Crippen molar-refractivity contribution >= 4 is 23.1 Å². The number of rotatable bonds is 7. The Morgan fingerprint density at radius 2 is 1.84 bits per heavy atom. The second-order valence-corrected chi connectivity index (χ2v) is 9.01. The molecule has 0 aliphatic carbocycles. The molecule has 5 aromatic rings. The maximum Gasteiger partial charge on any atom is 0.192 e. The number of aromatic nitrogens is 4. The van der Waals surface area contributed by atoms with E-state index < -0.39 is 0 Å². The maximum absolute atomic E-state index is 13.2. The summed E-state index contributed by atoms with van der Waals surface area (Å²) < 4.78 is 20.8. The van der Waals surface area contributed by atoms with Gasteiger partial charge in [-0.3, -0.25) is 4.57 Å². The molecular weight excluding hydrogens is 443 g/mol. The molecule has 8 heteroatoms. The molecule has 0 aliphatic rings. The van der Waals surface area contributed by atoms with Gasteiger partial charge in [0.2, 0.25) is 0 Å². The van der Waals surface area contributed by atoms with Crippen molar-refractivity contribution in [1.82, 2.24) is 19.7 Å². The minimum Gasteiger partial charge on any atom is -0.469 e. The first-order chi connectivity index (χ1) is 15.7. The predicted molar refractivity (Wildman–Crippen MR) is 125 cm³/mol. The summed E-state index contributed by atoms with van der Waals surface area (Å²) in [4.78, 5) is 4.71. The zero-order chi connectivity index (χ0) is 21.9. The maximum atomic E-state index is 13.2. The van der Waals surface area contributed by atoms with Crippen molar-refractivity contribution in [3.05, 3.63) is 95.1 Å². The Labute approximate surface area is 193 Å². The van der Waals surface area contributed by atoms with Gasteiger partial charge in [-0.2, -0.15) is 0 Å². The Balaban J connectivity index is 1.39. The number of thioether (sulfide) groups is 1. The van der Waals surface area contributed by atoms with Crippen LogP contribution >= 0.6 is 23.1 Å². The third kappa shape index (κ3) is 4.37. The fourth-order valence-electron chi connectivity index (χ4n) is 3.36. The first kappa shape index (κ1) is 20.7. The first-order valence-corrected chi connectivity index (χ1v) is 11.9. The van der Waals surface area contributed by atoms with E-state index in [1.54, 1.807) is 41.5 Å². The highest BCUT2D eigenvalue weighted by atomic mass is 32.2. The molecule has 3 aromatic heterocycles. The van der Waals surface area contributed by atoms with Crippen molar-refractivity contribution in [2.75, 3.05) is 0 Å². The topological polar surface area (TPSA) is 56.7 Å². The monoisotopic (exact) mass is 462 g/mol. The van der Waals surface area contributed by atoms with Crippen molar-refractivity contribution in [3.63, 3.8) is 0 Å². The van der Waals surface area contributed by atoms with Gasteiger partial charge in [0, 0.05) is 16.7 Å². The summed E-state index contributed by atoms with van der Waals surface area (Å²) >= 11 is 3.15. The number of thiazole rings is 1. The van der Waals surface area contributed by atoms with Gasteiger partial charge in [0.1, 0.15) is 16.6 Å². The number of aryl methyl sites for hydroxylation is 1. The summed E-state index contributed by atoms with van der Waals surface area (Å²) in [6, 6.07) is 18.6. The van der Waals surface area contributed by atoms with E-state index in [2.05, 4.69) is 26.9 Å². The molecule has 0 aliphatic heterocycles. The van der Waals surface area contributed by atoms with Gasteiger partial charge < -0.3 is 4.42 Å². The average molecular weight is 463 g/mol. The quantitative estimate of drug-likeness (QED) is 0.260. The van der Waals surface area contributed by atoms with Crippen molar-refractivity contribution in [1.29, 1.82) is 0 Å². The van der Waals surface area contributed by atoms with Crippen LogP contribution in [0, 0.1) is 12.7 Å². The molecule has 5 nitrogen and oxygen atoms in total. The van der Waals surface area contributed by atoms with Gasteiger partial charge in [-0.15, -0.1) is 21.5 Å². The van der Waals surface area contributed by atoms with Crippen molar-refractivity contribution in [3.8, 4) is 22.0 Å². The number of furan rings is 1. The average Bonchev–Trinajstić information content (AvgIpc) is 3.54. The van der Waals surface area contributed by atoms with Crippen LogP contribution in [0.15, 0.2) is 81.9 Å². The standard InChI is InChI=1S/C24H19FN4OS2/c1-16-21(11-12-30-16)22-27-28-24(29(22)13-17-5-3-2-4-6-17)32-15-20-14-31-23(26-20)18-7-9-19(25)10-8-18/h2-12,14H,13,15H2,1H3. The van der Waals surface area contributed by atoms with Crippen LogP contribution in [0.1, 0.15) is 17.0 Å². The van der Waals surface area contributed by atoms with E-state index in [-0.39, 0.29) is 5.82 Å². The normalized spacial score (nSPS) is 11.2. The van der Waals surface area contributed by atoms with Gasteiger partial charge in [-0.25, -0.2) is 9.37 Å². The van der Waals surface area contributed by atoms with Crippen LogP contribution < -0.4 is 0 Å². The molecule has 0 unspecified atom stereocenters. The highest BCUT2D eigenvalue weighted by Gasteiger charge is 2.18. The van der Waals surface area contributed by atoms with E-state index in [0.717, 1.165) is 38.6 Å². The molecule has 0 atom stereocenters. The van der Waals surface area contributed by atoms with Gasteiger partial charge in [-0.05, 0) is 42.8 Å². The summed E-state index contributed by atoms with van der Waals surface area (Å²) in [5, 5.41) is 12.7. The van der Waals surface area contributed by atoms with E-state index in [4.69, 9.17) is 9.40 Å². The number of hydrogen-bond donors (Lipinski definition) is 0. The number of benzene rings is 2. The van der Waals surface area contributed by atoms with Gasteiger partial charge in [-0.1, -0.05) is 42.1 Å². The summed E-state index contributed by atoms with van der Waals surface area (Å²) in [5.74, 6) is 2.01. The second kappa shape index (κ2) is 9.10. The smallest absolute Gasteiger partial charge is 0.192 e. The van der Waals surface area contributed by atoms with Crippen LogP contribution in [-0.4, -0.2) is 19.7 Å². The second-order valence-electron chi connectivity index (χ2n) is 7.21. The molecule has 0 spiro atoms. The molecule has 0 bridgehead atoms. The molecule has 0 N–H and O–H groups in total. The van der Waals surface area contributed by atoms with E-state index in [0.29, 0.717) is 12.3 Å². The largest absolute Gasteiger partial charge is 0.469 e. The van der Waals surface area contributed by atoms with E-state index in [1.165, 1.54) is 17.7 Å². The third-order valence-corrected chi connectivity index (χ3v) is 6.93. The van der Waals surface area contributed by atoms with E-state index in [9.17, 15) is 4.39 Å².